The SMILES string of the molecule is CC(C)n1nc(-c2sc(NC(=O)c3ccc4ccccc4c3)nc2-c2ccccc2)ccc1=O. The summed E-state index contributed by atoms with van der Waals surface area (Å²) in [4.78, 5) is 30.8. The number of thiazole rings is 1. The van der Waals surface area contributed by atoms with E-state index >= 15 is 0 Å². The van der Waals surface area contributed by atoms with Crippen molar-refractivity contribution in [3.05, 3.63) is 101 Å². The minimum absolute atomic E-state index is 0.0763. The van der Waals surface area contributed by atoms with E-state index < -0.39 is 0 Å². The van der Waals surface area contributed by atoms with Crippen LogP contribution < -0.4 is 10.9 Å². The number of carbonyl (C=O) groups is 1. The van der Waals surface area contributed by atoms with Crippen LogP contribution in [0.25, 0.3) is 32.6 Å². The average molecular weight is 467 g/mol. The lowest BCUT2D eigenvalue weighted by Gasteiger charge is -2.09. The Morgan fingerprint density at radius 3 is 2.41 bits per heavy atom. The fraction of sp³-hybridized carbons (Fsp3) is 0.111. The van der Waals surface area contributed by atoms with E-state index in [0.717, 1.165) is 21.2 Å². The van der Waals surface area contributed by atoms with Crippen LogP contribution in [0.4, 0.5) is 5.13 Å². The molecule has 2 aromatic heterocycles. The number of amides is 1. The molecule has 0 saturated carbocycles. The predicted molar refractivity (Wildman–Crippen MR) is 137 cm³/mol. The standard InChI is InChI=1S/C27H22N4O2S/c1-17(2)31-23(32)15-14-22(30-31)25-24(19-9-4-3-5-10-19)28-27(34-25)29-26(33)21-13-12-18-8-6-7-11-20(18)16-21/h3-17H,1-2H3,(H,28,29,33). The molecular weight excluding hydrogens is 444 g/mol. The minimum Gasteiger partial charge on any atom is -0.298 e. The Hall–Kier alpha value is -4.10. The predicted octanol–water partition coefficient (Wildman–Crippen LogP) is 6.02. The first-order valence-electron chi connectivity index (χ1n) is 11.0. The molecule has 0 atom stereocenters. The average Bonchev–Trinajstić information content (AvgIpc) is 3.28. The van der Waals surface area contributed by atoms with Crippen LogP contribution in [0.15, 0.2) is 89.7 Å². The third-order valence-corrected chi connectivity index (χ3v) is 6.45. The molecular formula is C27H22N4O2S. The molecule has 7 heteroatoms. The molecule has 2 heterocycles. The fourth-order valence-corrected chi connectivity index (χ4v) is 4.70. The summed E-state index contributed by atoms with van der Waals surface area (Å²) < 4.78 is 1.46. The van der Waals surface area contributed by atoms with Gasteiger partial charge >= 0.3 is 0 Å². The van der Waals surface area contributed by atoms with Crippen molar-refractivity contribution in [2.75, 3.05) is 5.32 Å². The molecule has 0 saturated heterocycles. The Morgan fingerprint density at radius 1 is 0.912 bits per heavy atom. The Bertz CT molecular complexity index is 1550. The van der Waals surface area contributed by atoms with Gasteiger partial charge in [0.1, 0.15) is 5.69 Å². The van der Waals surface area contributed by atoms with E-state index in [1.807, 2.05) is 86.6 Å². The van der Waals surface area contributed by atoms with E-state index in [1.54, 1.807) is 6.07 Å². The van der Waals surface area contributed by atoms with E-state index in [0.29, 0.717) is 22.1 Å². The number of benzene rings is 3. The molecule has 0 unspecified atom stereocenters. The molecule has 1 N–H and O–H groups in total. The molecule has 6 nitrogen and oxygen atoms in total. The van der Waals surface area contributed by atoms with E-state index in [1.165, 1.54) is 22.1 Å². The monoisotopic (exact) mass is 466 g/mol. The molecule has 0 spiro atoms. The lowest BCUT2D eigenvalue weighted by atomic mass is 10.1. The summed E-state index contributed by atoms with van der Waals surface area (Å²) in [7, 11) is 0. The maximum absolute atomic E-state index is 13.0. The highest BCUT2D eigenvalue weighted by Crippen LogP contribution is 2.38. The second-order valence-electron chi connectivity index (χ2n) is 8.17. The van der Waals surface area contributed by atoms with E-state index in [-0.39, 0.29) is 17.5 Å². The first-order valence-corrected chi connectivity index (χ1v) is 11.8. The Labute approximate surface area is 200 Å². The third kappa shape index (κ3) is 4.25. The van der Waals surface area contributed by atoms with Crippen LogP contribution in [-0.2, 0) is 0 Å². The van der Waals surface area contributed by atoms with Crippen molar-refractivity contribution >= 4 is 33.1 Å². The molecule has 5 aromatic rings. The first-order chi connectivity index (χ1) is 16.5. The Balaban J connectivity index is 1.55. The van der Waals surface area contributed by atoms with Crippen molar-refractivity contribution in [2.24, 2.45) is 0 Å². The van der Waals surface area contributed by atoms with Crippen LogP contribution in [-0.4, -0.2) is 20.7 Å². The fourth-order valence-electron chi connectivity index (χ4n) is 3.76. The summed E-state index contributed by atoms with van der Waals surface area (Å²) in [6, 6.07) is 26.4. The highest BCUT2D eigenvalue weighted by atomic mass is 32.1. The number of fused-ring (bicyclic) bond motifs is 1. The van der Waals surface area contributed by atoms with Gasteiger partial charge in [0.05, 0.1) is 16.6 Å². The summed E-state index contributed by atoms with van der Waals surface area (Å²) >= 11 is 1.34. The van der Waals surface area contributed by atoms with Gasteiger partial charge in [0, 0.05) is 17.2 Å². The molecule has 0 aliphatic rings. The first kappa shape index (κ1) is 21.7. The maximum Gasteiger partial charge on any atom is 0.267 e. The van der Waals surface area contributed by atoms with Gasteiger partial charge in [-0.05, 0) is 42.8 Å². The summed E-state index contributed by atoms with van der Waals surface area (Å²) in [5.41, 5.74) is 2.65. The van der Waals surface area contributed by atoms with Gasteiger partial charge in [-0.1, -0.05) is 72.0 Å². The van der Waals surface area contributed by atoms with Gasteiger partial charge in [-0.15, -0.1) is 0 Å². The van der Waals surface area contributed by atoms with Crippen molar-refractivity contribution in [2.45, 2.75) is 19.9 Å². The molecule has 34 heavy (non-hydrogen) atoms. The van der Waals surface area contributed by atoms with Gasteiger partial charge in [-0.2, -0.15) is 5.10 Å². The van der Waals surface area contributed by atoms with Crippen LogP contribution in [0.1, 0.15) is 30.2 Å². The normalized spacial score (nSPS) is 11.1. The van der Waals surface area contributed by atoms with Crippen LogP contribution >= 0.6 is 11.3 Å². The summed E-state index contributed by atoms with van der Waals surface area (Å²) in [6.45, 7) is 3.83. The highest BCUT2D eigenvalue weighted by Gasteiger charge is 2.19. The zero-order chi connectivity index (χ0) is 23.7. The number of nitrogens with one attached hydrogen (secondary N) is 1. The van der Waals surface area contributed by atoms with Gasteiger partial charge in [0.2, 0.25) is 0 Å². The number of rotatable bonds is 5. The quantitative estimate of drug-likeness (QED) is 0.344. The molecule has 0 aliphatic carbocycles. The largest absolute Gasteiger partial charge is 0.298 e. The third-order valence-electron chi connectivity index (χ3n) is 5.45. The number of nitrogens with zero attached hydrogens (tertiary/aromatic N) is 3. The molecule has 5 rings (SSSR count). The van der Waals surface area contributed by atoms with Crippen molar-refractivity contribution in [1.82, 2.24) is 14.8 Å². The van der Waals surface area contributed by atoms with Crippen LogP contribution in [0, 0.1) is 0 Å². The zero-order valence-electron chi connectivity index (χ0n) is 18.7. The van der Waals surface area contributed by atoms with Crippen molar-refractivity contribution < 1.29 is 4.79 Å². The molecule has 0 radical (unpaired) electrons. The molecule has 1 amide bonds. The van der Waals surface area contributed by atoms with Gasteiger partial charge < -0.3 is 0 Å². The minimum atomic E-state index is -0.231. The highest BCUT2D eigenvalue weighted by molar-refractivity contribution is 7.19. The lowest BCUT2D eigenvalue weighted by molar-refractivity contribution is 0.102. The van der Waals surface area contributed by atoms with Crippen LogP contribution in [0.3, 0.4) is 0 Å². The smallest absolute Gasteiger partial charge is 0.267 e. The van der Waals surface area contributed by atoms with Crippen molar-refractivity contribution in [1.29, 1.82) is 0 Å². The van der Waals surface area contributed by atoms with Crippen LogP contribution in [0.2, 0.25) is 0 Å². The lowest BCUT2D eigenvalue weighted by Crippen LogP contribution is -2.23. The van der Waals surface area contributed by atoms with Crippen molar-refractivity contribution in [3.8, 4) is 21.8 Å². The second-order valence-corrected chi connectivity index (χ2v) is 9.17. The molecule has 168 valence electrons. The number of aromatic nitrogens is 3. The van der Waals surface area contributed by atoms with Crippen LogP contribution in [0.5, 0.6) is 0 Å². The summed E-state index contributed by atoms with van der Waals surface area (Å²) in [5, 5.41) is 10.1. The summed E-state index contributed by atoms with van der Waals surface area (Å²) in [5.74, 6) is -0.231. The second kappa shape index (κ2) is 9.03. The van der Waals surface area contributed by atoms with Gasteiger partial charge in [0.25, 0.3) is 11.5 Å². The Kier molecular flexibility index (Phi) is 5.77. The maximum atomic E-state index is 13.0. The van der Waals surface area contributed by atoms with E-state index in [9.17, 15) is 9.59 Å². The molecule has 0 bridgehead atoms. The number of hydrogen-bond donors (Lipinski definition) is 1. The van der Waals surface area contributed by atoms with E-state index in [2.05, 4.69) is 10.4 Å². The topological polar surface area (TPSA) is 76.9 Å². The van der Waals surface area contributed by atoms with Gasteiger partial charge in [-0.3, -0.25) is 14.9 Å². The number of anilines is 1. The summed E-state index contributed by atoms with van der Waals surface area (Å²) in [6.07, 6.45) is 0. The number of carbonyl (C=O) groups excluding carboxylic acids is 1. The molecule has 0 fully saturated rings. The Morgan fingerprint density at radius 2 is 1.65 bits per heavy atom. The van der Waals surface area contributed by atoms with E-state index in [4.69, 9.17) is 4.98 Å². The van der Waals surface area contributed by atoms with Crippen molar-refractivity contribution in [3.63, 3.8) is 0 Å². The van der Waals surface area contributed by atoms with Gasteiger partial charge in [-0.25, -0.2) is 9.67 Å². The molecule has 0 aliphatic heterocycles. The van der Waals surface area contributed by atoms with Gasteiger partial charge in [0.15, 0.2) is 5.13 Å². The molecule has 3 aromatic carbocycles. The zero-order valence-corrected chi connectivity index (χ0v) is 19.5. The number of hydrogen-bond acceptors (Lipinski definition) is 5.